The second-order valence-electron chi connectivity index (χ2n) is 8.81. The standard InChI is InChI=1S/C23H26N6O4S/c1-13-5-6-14(2)19-17(13)25-22(34-19)33-15-7-9-28(10-8-15)16(30)11-29-12-24-20-18(29)21(31)27(4)23(32)26(20)3/h5-6,12,15H,7-11H2,1-4H3. The molecule has 34 heavy (non-hydrogen) atoms. The Bertz CT molecular complexity index is 1500. The first-order chi connectivity index (χ1) is 16.2. The van der Waals surface area contributed by atoms with Gasteiger partial charge in [0.1, 0.15) is 12.6 Å². The average Bonchev–Trinajstić information content (AvgIpc) is 3.44. The van der Waals surface area contributed by atoms with E-state index in [0.29, 0.717) is 31.1 Å². The number of hydrogen-bond donors (Lipinski definition) is 0. The first-order valence-corrected chi connectivity index (χ1v) is 12.0. The summed E-state index contributed by atoms with van der Waals surface area (Å²) in [6, 6.07) is 4.17. The van der Waals surface area contributed by atoms with Crippen LogP contribution in [0.25, 0.3) is 21.4 Å². The minimum atomic E-state index is -0.461. The quantitative estimate of drug-likeness (QED) is 0.439. The Labute approximate surface area is 199 Å². The third-order valence-electron chi connectivity index (χ3n) is 6.51. The van der Waals surface area contributed by atoms with Crippen LogP contribution in [-0.2, 0) is 25.4 Å². The number of imidazole rings is 1. The van der Waals surface area contributed by atoms with E-state index in [2.05, 4.69) is 29.0 Å². The first-order valence-electron chi connectivity index (χ1n) is 11.2. The number of fused-ring (bicyclic) bond motifs is 2. The first kappa shape index (κ1) is 22.3. The van der Waals surface area contributed by atoms with Crippen LogP contribution in [0.1, 0.15) is 24.0 Å². The Kier molecular flexibility index (Phi) is 5.51. The molecule has 0 atom stereocenters. The molecule has 1 aliphatic heterocycles. The molecule has 1 fully saturated rings. The zero-order chi connectivity index (χ0) is 24.1. The topological polar surface area (TPSA) is 104 Å². The fraction of sp³-hybridized carbons (Fsp3) is 0.435. The van der Waals surface area contributed by atoms with E-state index in [9.17, 15) is 14.4 Å². The second-order valence-corrected chi connectivity index (χ2v) is 9.77. The molecule has 4 heterocycles. The van der Waals surface area contributed by atoms with Gasteiger partial charge in [-0.25, -0.2) is 14.8 Å². The number of thiazole rings is 1. The summed E-state index contributed by atoms with van der Waals surface area (Å²) in [5.74, 6) is -0.0973. The van der Waals surface area contributed by atoms with E-state index in [1.807, 2.05) is 6.92 Å². The molecule has 0 spiro atoms. The number of likely N-dealkylation sites (tertiary alicyclic amines) is 1. The second kappa shape index (κ2) is 8.39. The van der Waals surface area contributed by atoms with Crippen molar-refractivity contribution in [1.29, 1.82) is 0 Å². The van der Waals surface area contributed by atoms with Crippen molar-refractivity contribution < 1.29 is 9.53 Å². The van der Waals surface area contributed by atoms with Crippen molar-refractivity contribution in [3.8, 4) is 5.19 Å². The van der Waals surface area contributed by atoms with Gasteiger partial charge < -0.3 is 14.2 Å². The molecule has 1 saturated heterocycles. The zero-order valence-electron chi connectivity index (χ0n) is 19.6. The molecule has 3 aromatic heterocycles. The van der Waals surface area contributed by atoms with Gasteiger partial charge in [0.05, 0.1) is 16.5 Å². The lowest BCUT2D eigenvalue weighted by atomic mass is 10.1. The predicted octanol–water partition coefficient (Wildman–Crippen LogP) is 1.73. The highest BCUT2D eigenvalue weighted by Gasteiger charge is 2.26. The highest BCUT2D eigenvalue weighted by Crippen LogP contribution is 2.33. The summed E-state index contributed by atoms with van der Waals surface area (Å²) in [6.07, 6.45) is 2.86. The monoisotopic (exact) mass is 482 g/mol. The van der Waals surface area contributed by atoms with Gasteiger partial charge in [-0.2, -0.15) is 0 Å². The molecule has 1 aliphatic rings. The maximum absolute atomic E-state index is 13.0. The molecule has 0 saturated carbocycles. The lowest BCUT2D eigenvalue weighted by Crippen LogP contribution is -2.43. The molecule has 178 valence electrons. The number of rotatable bonds is 4. The number of nitrogens with zero attached hydrogens (tertiary/aromatic N) is 6. The number of ether oxygens (including phenoxy) is 1. The molecule has 1 amide bonds. The fourth-order valence-corrected chi connectivity index (χ4v) is 5.45. The van der Waals surface area contributed by atoms with Crippen LogP contribution < -0.4 is 16.0 Å². The lowest BCUT2D eigenvalue weighted by Gasteiger charge is -2.31. The molecule has 1 aromatic carbocycles. The third-order valence-corrected chi connectivity index (χ3v) is 7.59. The number of hydrogen-bond acceptors (Lipinski definition) is 7. The van der Waals surface area contributed by atoms with Crippen molar-refractivity contribution in [2.24, 2.45) is 14.1 Å². The van der Waals surface area contributed by atoms with Gasteiger partial charge in [0.25, 0.3) is 10.8 Å². The van der Waals surface area contributed by atoms with Crippen LogP contribution in [0.15, 0.2) is 28.0 Å². The molecule has 4 aromatic rings. The van der Waals surface area contributed by atoms with Gasteiger partial charge in [-0.3, -0.25) is 18.7 Å². The summed E-state index contributed by atoms with van der Waals surface area (Å²) in [6.45, 7) is 5.25. The molecule has 5 rings (SSSR count). The molecular formula is C23H26N6O4S. The Morgan fingerprint density at radius 1 is 1.12 bits per heavy atom. The van der Waals surface area contributed by atoms with Gasteiger partial charge in [0.2, 0.25) is 5.91 Å². The maximum atomic E-state index is 13.0. The van der Waals surface area contributed by atoms with Gasteiger partial charge in [-0.05, 0) is 25.0 Å². The number of amides is 1. The van der Waals surface area contributed by atoms with Crippen LogP contribution in [0.2, 0.25) is 0 Å². The van der Waals surface area contributed by atoms with Gasteiger partial charge in [0.15, 0.2) is 11.2 Å². The Hall–Kier alpha value is -3.47. The molecule has 0 bridgehead atoms. The normalized spacial score (nSPS) is 14.9. The van der Waals surface area contributed by atoms with Crippen LogP contribution in [0, 0.1) is 13.8 Å². The zero-order valence-corrected chi connectivity index (χ0v) is 20.4. The Morgan fingerprint density at radius 2 is 1.82 bits per heavy atom. The molecule has 0 radical (unpaired) electrons. The molecule has 0 aliphatic carbocycles. The van der Waals surface area contributed by atoms with Gasteiger partial charge in [0, 0.05) is 40.0 Å². The summed E-state index contributed by atoms with van der Waals surface area (Å²) < 4.78 is 11.2. The largest absolute Gasteiger partial charge is 0.467 e. The SMILES string of the molecule is Cc1ccc(C)c2sc(OC3CCN(C(=O)Cn4cnc5c4c(=O)n(C)c(=O)n5C)CC3)nc12. The molecular weight excluding hydrogens is 456 g/mol. The van der Waals surface area contributed by atoms with Gasteiger partial charge >= 0.3 is 5.69 Å². The van der Waals surface area contributed by atoms with Crippen molar-refractivity contribution >= 4 is 38.6 Å². The van der Waals surface area contributed by atoms with Crippen molar-refractivity contribution in [2.75, 3.05) is 13.1 Å². The number of carbonyl (C=O) groups excluding carboxylic acids is 1. The van der Waals surface area contributed by atoms with Crippen molar-refractivity contribution in [3.05, 3.63) is 50.4 Å². The van der Waals surface area contributed by atoms with Crippen LogP contribution in [0.5, 0.6) is 5.19 Å². The Balaban J connectivity index is 1.26. The summed E-state index contributed by atoms with van der Waals surface area (Å²) in [5, 5.41) is 0.670. The van der Waals surface area contributed by atoms with Crippen LogP contribution >= 0.6 is 11.3 Å². The predicted molar refractivity (Wildman–Crippen MR) is 130 cm³/mol. The molecule has 11 heteroatoms. The van der Waals surface area contributed by atoms with Gasteiger partial charge in [-0.15, -0.1) is 0 Å². The van der Waals surface area contributed by atoms with Gasteiger partial charge in [-0.1, -0.05) is 23.5 Å². The smallest absolute Gasteiger partial charge is 0.332 e. The van der Waals surface area contributed by atoms with Crippen LogP contribution in [0.4, 0.5) is 0 Å². The summed E-state index contributed by atoms with van der Waals surface area (Å²) in [5.41, 5.74) is 2.92. The molecule has 0 N–H and O–H groups in total. The van der Waals surface area contributed by atoms with E-state index in [1.54, 1.807) is 23.3 Å². The minimum absolute atomic E-state index is 0.00104. The summed E-state index contributed by atoms with van der Waals surface area (Å²) >= 11 is 1.57. The number of piperidine rings is 1. The van der Waals surface area contributed by atoms with Crippen molar-refractivity contribution in [3.63, 3.8) is 0 Å². The lowest BCUT2D eigenvalue weighted by molar-refractivity contribution is -0.133. The summed E-state index contributed by atoms with van der Waals surface area (Å²) in [4.78, 5) is 48.3. The number of benzene rings is 1. The van der Waals surface area contributed by atoms with E-state index >= 15 is 0 Å². The molecule has 0 unspecified atom stereocenters. The maximum Gasteiger partial charge on any atom is 0.332 e. The highest BCUT2D eigenvalue weighted by molar-refractivity contribution is 7.20. The van der Waals surface area contributed by atoms with E-state index in [-0.39, 0.29) is 29.7 Å². The number of carbonyl (C=O) groups is 1. The van der Waals surface area contributed by atoms with Crippen LogP contribution in [0.3, 0.4) is 0 Å². The van der Waals surface area contributed by atoms with E-state index < -0.39 is 11.2 Å². The molecule has 10 nitrogen and oxygen atoms in total. The fourth-order valence-electron chi connectivity index (χ4n) is 4.42. The van der Waals surface area contributed by atoms with E-state index in [0.717, 1.165) is 20.3 Å². The number of aromatic nitrogens is 5. The number of aryl methyl sites for hydroxylation is 3. The van der Waals surface area contributed by atoms with Crippen molar-refractivity contribution in [2.45, 2.75) is 39.3 Å². The van der Waals surface area contributed by atoms with Crippen molar-refractivity contribution in [1.82, 2.24) is 28.6 Å². The minimum Gasteiger partial charge on any atom is -0.467 e. The summed E-state index contributed by atoms with van der Waals surface area (Å²) in [7, 11) is 2.98. The highest BCUT2D eigenvalue weighted by atomic mass is 32.1. The van der Waals surface area contributed by atoms with E-state index in [1.165, 1.54) is 28.1 Å². The Morgan fingerprint density at radius 3 is 2.53 bits per heavy atom. The van der Waals surface area contributed by atoms with E-state index in [4.69, 9.17) is 4.74 Å². The van der Waals surface area contributed by atoms with Crippen LogP contribution in [-0.4, -0.2) is 53.7 Å². The third kappa shape index (κ3) is 3.69. The average molecular weight is 483 g/mol.